The maximum Gasteiger partial charge on any atom is 0.351 e. The largest absolute Gasteiger partial charge is 0.353 e. The summed E-state index contributed by atoms with van der Waals surface area (Å²) in [5.74, 6) is -0.655. The van der Waals surface area contributed by atoms with Crippen LogP contribution in [0, 0.1) is 0 Å². The molecule has 192 valence electrons. The lowest BCUT2D eigenvalue weighted by Gasteiger charge is -2.10. The Balaban J connectivity index is 1.69. The molecule has 0 radical (unpaired) electrons. The number of hydrogen-bond acceptors (Lipinski definition) is 16. The third kappa shape index (κ3) is 9.36. The van der Waals surface area contributed by atoms with Crippen molar-refractivity contribution in [2.45, 2.75) is 0 Å². The first kappa shape index (κ1) is 26.7. The van der Waals surface area contributed by atoms with Crippen LogP contribution in [0.15, 0.2) is 38.8 Å². The van der Waals surface area contributed by atoms with E-state index in [1.165, 1.54) is 6.21 Å². The second-order valence-electron chi connectivity index (χ2n) is 6.41. The minimum atomic E-state index is -4.19. The minimum Gasteiger partial charge on any atom is -0.353 e. The summed E-state index contributed by atoms with van der Waals surface area (Å²) in [5, 5.41) is 19.8. The van der Waals surface area contributed by atoms with Crippen LogP contribution in [0.2, 0.25) is 0 Å². The maximum absolute atomic E-state index is 11.8. The van der Waals surface area contributed by atoms with Crippen molar-refractivity contribution in [3.63, 3.8) is 0 Å². The molecule has 3 rings (SSSR count). The van der Waals surface area contributed by atoms with E-state index < -0.39 is 27.3 Å². The summed E-state index contributed by atoms with van der Waals surface area (Å²) in [7, 11) is -4.19. The summed E-state index contributed by atoms with van der Waals surface area (Å²) in [5.41, 5.74) is -0.506. The molecule has 2 aromatic heterocycles. The van der Waals surface area contributed by atoms with Crippen LogP contribution in [0.25, 0.3) is 0 Å². The molecule has 0 aliphatic heterocycles. The molecule has 18 nitrogen and oxygen atoms in total. The van der Waals surface area contributed by atoms with Crippen LogP contribution in [-0.2, 0) is 19.5 Å². The molecule has 2 heterocycles. The molecule has 36 heavy (non-hydrogen) atoms. The Kier molecular flexibility index (Phi) is 9.38. The fraction of sp³-hybridized carbons (Fsp3) is 0.188. The number of aliphatic imine (C=N–C) groups is 1. The van der Waals surface area contributed by atoms with Gasteiger partial charge in [-0.25, -0.2) is 19.8 Å². The topological polar surface area (TPSA) is 259 Å². The second-order valence-corrected chi connectivity index (χ2v) is 8.69. The van der Waals surface area contributed by atoms with Crippen LogP contribution < -0.4 is 27.3 Å². The molecule has 0 unspecified atom stereocenters. The van der Waals surface area contributed by atoms with Gasteiger partial charge in [0.1, 0.15) is 0 Å². The monoisotopic (exact) mass is 542 g/mol. The maximum atomic E-state index is 11.8. The lowest BCUT2D eigenvalue weighted by atomic mass is 10.3. The molecule has 0 fully saturated rings. The zero-order valence-corrected chi connectivity index (χ0v) is 19.5. The Hall–Kier alpha value is -3.95. The highest BCUT2D eigenvalue weighted by Gasteiger charge is 2.08. The van der Waals surface area contributed by atoms with Crippen LogP contribution in [0.3, 0.4) is 0 Å². The molecule has 0 saturated heterocycles. The summed E-state index contributed by atoms with van der Waals surface area (Å²) < 4.78 is 34.6. The van der Waals surface area contributed by atoms with Gasteiger partial charge in [0, 0.05) is 36.2 Å². The Morgan fingerprint density at radius 3 is 2.39 bits per heavy atom. The van der Waals surface area contributed by atoms with E-state index in [9.17, 15) is 18.0 Å². The van der Waals surface area contributed by atoms with Crippen LogP contribution in [0.4, 0.5) is 35.2 Å². The van der Waals surface area contributed by atoms with Crippen LogP contribution in [-0.4, -0.2) is 72.4 Å². The Bertz CT molecular complexity index is 1430. The van der Waals surface area contributed by atoms with E-state index in [0.29, 0.717) is 11.4 Å². The molecule has 20 heteroatoms. The number of benzene rings is 1. The third-order valence-electron chi connectivity index (χ3n) is 3.75. The van der Waals surface area contributed by atoms with Gasteiger partial charge in [0.15, 0.2) is 0 Å². The van der Waals surface area contributed by atoms with Crippen LogP contribution in [0.1, 0.15) is 0 Å². The summed E-state index contributed by atoms with van der Waals surface area (Å²) in [4.78, 5) is 47.6. The van der Waals surface area contributed by atoms with Crippen molar-refractivity contribution in [2.75, 3.05) is 34.0 Å². The highest BCUT2D eigenvalue weighted by Crippen LogP contribution is 2.20. The number of H-pyrrole nitrogens is 2. The average Bonchev–Trinajstić information content (AvgIpc) is 2.77. The lowest BCUT2D eigenvalue weighted by molar-refractivity contribution is -0.432. The summed E-state index contributed by atoms with van der Waals surface area (Å²) in [6.07, 6.45) is 1.33. The highest BCUT2D eigenvalue weighted by atomic mass is 32.2. The van der Waals surface area contributed by atoms with Gasteiger partial charge in [-0.1, -0.05) is 11.1 Å². The summed E-state index contributed by atoms with van der Waals surface area (Å²) in [6, 6.07) is 6.60. The van der Waals surface area contributed by atoms with Crippen molar-refractivity contribution in [1.82, 2.24) is 29.9 Å². The van der Waals surface area contributed by atoms with E-state index >= 15 is 0 Å². The zero-order chi connectivity index (χ0) is 26.0. The Labute approximate surface area is 205 Å². The zero-order valence-electron chi connectivity index (χ0n) is 17.9. The normalized spacial score (nSPS) is 11.5. The number of nitrogens with zero attached hydrogens (tertiary/aromatic N) is 5. The predicted octanol–water partition coefficient (Wildman–Crippen LogP) is 0.202. The molecular formula is C16H18N10O8S2. The molecular weight excluding hydrogens is 524 g/mol. The van der Waals surface area contributed by atoms with E-state index in [2.05, 4.69) is 60.2 Å². The van der Waals surface area contributed by atoms with Crippen LogP contribution >= 0.6 is 12.0 Å². The predicted molar refractivity (Wildman–Crippen MR) is 129 cm³/mol. The van der Waals surface area contributed by atoms with Gasteiger partial charge in [-0.2, -0.15) is 28.4 Å². The van der Waals surface area contributed by atoms with Crippen molar-refractivity contribution >= 4 is 63.5 Å². The lowest BCUT2D eigenvalue weighted by Crippen LogP contribution is -2.21. The summed E-state index contributed by atoms with van der Waals surface area (Å²) >= 11 is 0.737. The quantitative estimate of drug-likeness (QED) is 0.0380. The van der Waals surface area contributed by atoms with Gasteiger partial charge in [0.05, 0.1) is 11.5 Å². The van der Waals surface area contributed by atoms with Gasteiger partial charge >= 0.3 is 11.4 Å². The van der Waals surface area contributed by atoms with Gasteiger partial charge in [0.2, 0.25) is 17.8 Å². The van der Waals surface area contributed by atoms with Gasteiger partial charge in [0.25, 0.3) is 16.1 Å². The van der Waals surface area contributed by atoms with Crippen molar-refractivity contribution < 1.29 is 27.6 Å². The van der Waals surface area contributed by atoms with E-state index in [0.717, 1.165) is 12.0 Å². The number of aromatic amines is 2. The van der Waals surface area contributed by atoms with Crippen molar-refractivity contribution in [1.29, 1.82) is 0 Å². The van der Waals surface area contributed by atoms with Gasteiger partial charge in [-0.3, -0.25) is 14.5 Å². The van der Waals surface area contributed by atoms with Gasteiger partial charge in [-0.15, -0.1) is 4.33 Å². The highest BCUT2D eigenvalue weighted by molar-refractivity contribution is 7.95. The molecule has 0 bridgehead atoms. The Morgan fingerprint density at radius 2 is 1.72 bits per heavy atom. The first-order valence-corrected chi connectivity index (χ1v) is 12.1. The molecule has 1 aromatic carbocycles. The Morgan fingerprint density at radius 1 is 1.06 bits per heavy atom. The minimum absolute atomic E-state index is 0.00187. The van der Waals surface area contributed by atoms with E-state index in [1.807, 2.05) is 0 Å². The first-order valence-electron chi connectivity index (χ1n) is 9.62. The molecule has 0 spiro atoms. The molecule has 0 saturated carbocycles. The standard InChI is InChI=1S/C16H18N10O8S2/c27-15-23-11(17-4-6-35-34-33-29)21-13(25-15)19-9-2-1-3-10(8-9)20-14-22-12(24-16(28)26-14)18-5-7-36(30,31)32/h1-4,8,29H,5-7H2,(H,30,31,32)(H2,19,21,23,25,27)(H3,18,20,22,24,26,28). The molecule has 0 amide bonds. The average molecular weight is 543 g/mol. The SMILES string of the molecule is O=c1nc(N=CCSOOO)nc(Nc2cccc(Nc3nc(NCCS(=O)(=O)O)nc(=O)[nH]3)c2)[nH]1. The number of aromatic nitrogens is 6. The van der Waals surface area contributed by atoms with Gasteiger partial charge in [-0.05, 0) is 18.2 Å². The molecule has 7 N–H and O–H groups in total. The first-order chi connectivity index (χ1) is 17.2. The van der Waals surface area contributed by atoms with Crippen molar-refractivity contribution in [3.05, 3.63) is 45.2 Å². The number of rotatable bonds is 13. The van der Waals surface area contributed by atoms with E-state index in [1.54, 1.807) is 24.3 Å². The second kappa shape index (κ2) is 12.7. The number of nitrogens with one attached hydrogen (secondary N) is 5. The fourth-order valence-electron chi connectivity index (χ4n) is 2.45. The van der Waals surface area contributed by atoms with E-state index in [-0.39, 0.29) is 36.1 Å². The van der Waals surface area contributed by atoms with E-state index in [4.69, 9.17) is 9.81 Å². The van der Waals surface area contributed by atoms with Crippen molar-refractivity contribution in [2.24, 2.45) is 4.99 Å². The molecule has 0 aliphatic carbocycles. The van der Waals surface area contributed by atoms with Crippen LogP contribution in [0.5, 0.6) is 0 Å². The molecule has 3 aromatic rings. The molecule has 0 atom stereocenters. The number of anilines is 5. The third-order valence-corrected chi connectivity index (χ3v) is 4.91. The van der Waals surface area contributed by atoms with Crippen molar-refractivity contribution in [3.8, 4) is 0 Å². The molecule has 0 aliphatic rings. The van der Waals surface area contributed by atoms with Gasteiger partial charge < -0.3 is 16.0 Å². The smallest absolute Gasteiger partial charge is 0.351 e. The fourth-order valence-corrected chi connectivity index (χ4v) is 3.05. The number of hydrogen-bond donors (Lipinski definition) is 7. The summed E-state index contributed by atoms with van der Waals surface area (Å²) in [6.45, 7) is -0.214.